The van der Waals surface area contributed by atoms with Crippen molar-refractivity contribution in [1.29, 1.82) is 0 Å². The molecule has 0 aromatic heterocycles. The van der Waals surface area contributed by atoms with Crippen molar-refractivity contribution < 1.29 is 19.4 Å². The maximum absolute atomic E-state index is 11.1. The van der Waals surface area contributed by atoms with Crippen molar-refractivity contribution in [1.82, 2.24) is 10.6 Å². The largest absolute Gasteiger partial charge is 0.444 e. The molecule has 0 aliphatic carbocycles. The summed E-state index contributed by atoms with van der Waals surface area (Å²) in [5.41, 5.74) is 0. The Kier molecular flexibility index (Phi) is 6.47. The highest BCUT2D eigenvalue weighted by Gasteiger charge is 2.11. The summed E-state index contributed by atoms with van der Waals surface area (Å²) in [6.07, 6.45) is 0.696. The van der Waals surface area contributed by atoms with E-state index in [1.165, 1.54) is 0 Å². The number of urea groups is 1. The maximum Gasteiger partial charge on any atom is 0.319 e. The van der Waals surface area contributed by atoms with Crippen LogP contribution in [0.25, 0.3) is 0 Å². The molecule has 82 valence electrons. The number of aliphatic hydroxyl groups is 1. The van der Waals surface area contributed by atoms with Gasteiger partial charge in [0.1, 0.15) is 6.73 Å². The summed E-state index contributed by atoms with van der Waals surface area (Å²) in [4.78, 5) is 21.8. The second-order valence-corrected chi connectivity index (χ2v) is 2.76. The minimum Gasteiger partial charge on any atom is -0.444 e. The highest BCUT2D eigenvalue weighted by Crippen LogP contribution is 2.01. The molecule has 3 N–H and O–H groups in total. The van der Waals surface area contributed by atoms with Crippen molar-refractivity contribution in [2.45, 2.75) is 20.3 Å². The highest BCUT2D eigenvalue weighted by molar-refractivity contribution is 5.74. The lowest BCUT2D eigenvalue weighted by Crippen LogP contribution is -2.38. The van der Waals surface area contributed by atoms with Gasteiger partial charge >= 0.3 is 12.0 Å². The van der Waals surface area contributed by atoms with E-state index >= 15 is 0 Å². The Morgan fingerprint density at radius 2 is 2.07 bits per heavy atom. The molecule has 0 saturated carbocycles. The van der Waals surface area contributed by atoms with Gasteiger partial charge in [-0.25, -0.2) is 4.79 Å². The van der Waals surface area contributed by atoms with Crippen molar-refractivity contribution in [3.8, 4) is 0 Å². The van der Waals surface area contributed by atoms with Crippen LogP contribution >= 0.6 is 0 Å². The smallest absolute Gasteiger partial charge is 0.319 e. The summed E-state index contributed by atoms with van der Waals surface area (Å²) < 4.78 is 4.72. The number of aliphatic hydroxyl groups excluding tert-OH is 1. The molecule has 0 rings (SSSR count). The summed E-state index contributed by atoms with van der Waals surface area (Å²) in [6, 6.07) is -0.579. The number of hydrogen-bond donors (Lipinski definition) is 3. The first-order valence-electron chi connectivity index (χ1n) is 4.41. The molecule has 0 radical (unpaired) electrons. The van der Waals surface area contributed by atoms with Gasteiger partial charge in [-0.2, -0.15) is 0 Å². The fraction of sp³-hybridized carbons (Fsp3) is 0.750. The monoisotopic (exact) mass is 204 g/mol. The van der Waals surface area contributed by atoms with Crippen LogP contribution in [0.2, 0.25) is 0 Å². The Morgan fingerprint density at radius 3 is 2.57 bits per heavy atom. The van der Waals surface area contributed by atoms with E-state index in [9.17, 15) is 9.59 Å². The molecule has 6 nitrogen and oxygen atoms in total. The van der Waals surface area contributed by atoms with E-state index in [1.54, 1.807) is 6.92 Å². The second kappa shape index (κ2) is 7.14. The predicted octanol–water partition coefficient (Wildman–Crippen LogP) is -0.218. The number of hydrogen-bond acceptors (Lipinski definition) is 4. The molecule has 0 aliphatic heterocycles. The molecule has 0 aromatic rings. The van der Waals surface area contributed by atoms with Crippen LogP contribution in [0.5, 0.6) is 0 Å². The first-order chi connectivity index (χ1) is 6.61. The quantitative estimate of drug-likeness (QED) is 0.427. The molecule has 0 fully saturated rings. The summed E-state index contributed by atoms with van der Waals surface area (Å²) in [5, 5.41) is 12.6. The zero-order valence-electron chi connectivity index (χ0n) is 8.37. The van der Waals surface area contributed by atoms with Crippen LogP contribution < -0.4 is 10.6 Å². The molecule has 1 atom stereocenters. The van der Waals surface area contributed by atoms with Crippen molar-refractivity contribution in [3.63, 3.8) is 0 Å². The molecule has 0 saturated heterocycles. The standard InChI is InChI=1S/C8H16N2O4/c1-3-6(2)7(12)14-5-10-8(13)9-4-11/h6,11H,3-5H2,1-2H3,(H2,9,10,13). The molecule has 0 bridgehead atoms. The number of nitrogens with one attached hydrogen (secondary N) is 2. The third-order valence-electron chi connectivity index (χ3n) is 1.70. The SMILES string of the molecule is CCC(C)C(=O)OCNC(=O)NCO. The minimum absolute atomic E-state index is 0.169. The fourth-order valence-corrected chi connectivity index (χ4v) is 0.616. The topological polar surface area (TPSA) is 87.7 Å². The van der Waals surface area contributed by atoms with Crippen LogP contribution in [-0.4, -0.2) is 30.6 Å². The normalized spacial score (nSPS) is 11.6. The highest BCUT2D eigenvalue weighted by atomic mass is 16.5. The first kappa shape index (κ1) is 12.7. The Balaban J connectivity index is 3.54. The van der Waals surface area contributed by atoms with Gasteiger partial charge in [-0.1, -0.05) is 13.8 Å². The van der Waals surface area contributed by atoms with Gasteiger partial charge < -0.3 is 20.5 Å². The van der Waals surface area contributed by atoms with E-state index < -0.39 is 12.8 Å². The summed E-state index contributed by atoms with van der Waals surface area (Å²) >= 11 is 0. The molecule has 1 unspecified atom stereocenters. The number of amides is 2. The lowest BCUT2D eigenvalue weighted by atomic mass is 10.1. The minimum atomic E-state index is -0.579. The molecular weight excluding hydrogens is 188 g/mol. The van der Waals surface area contributed by atoms with Crippen LogP contribution in [-0.2, 0) is 9.53 Å². The van der Waals surface area contributed by atoms with Crippen molar-refractivity contribution >= 4 is 12.0 Å². The van der Waals surface area contributed by atoms with Gasteiger partial charge in [-0.05, 0) is 6.42 Å². The zero-order valence-corrected chi connectivity index (χ0v) is 8.37. The molecule has 0 aliphatic rings. The lowest BCUT2D eigenvalue weighted by molar-refractivity contribution is -0.148. The third kappa shape index (κ3) is 5.36. The predicted molar refractivity (Wildman–Crippen MR) is 49.2 cm³/mol. The molecule has 14 heavy (non-hydrogen) atoms. The summed E-state index contributed by atoms with van der Waals surface area (Å²) in [6.45, 7) is 2.98. The van der Waals surface area contributed by atoms with Gasteiger partial charge in [0, 0.05) is 0 Å². The Labute approximate surface area is 82.6 Å². The van der Waals surface area contributed by atoms with Crippen LogP contribution in [0, 0.1) is 5.92 Å². The van der Waals surface area contributed by atoms with Crippen molar-refractivity contribution in [2.75, 3.05) is 13.5 Å². The fourth-order valence-electron chi connectivity index (χ4n) is 0.616. The maximum atomic E-state index is 11.1. The Morgan fingerprint density at radius 1 is 1.43 bits per heavy atom. The Bertz CT molecular complexity index is 196. The van der Waals surface area contributed by atoms with Gasteiger partial charge in [0.25, 0.3) is 0 Å². The molecule has 0 heterocycles. The molecule has 0 spiro atoms. The van der Waals surface area contributed by atoms with Crippen LogP contribution in [0.1, 0.15) is 20.3 Å². The van der Waals surface area contributed by atoms with Crippen LogP contribution in [0.3, 0.4) is 0 Å². The van der Waals surface area contributed by atoms with E-state index in [2.05, 4.69) is 10.6 Å². The van der Waals surface area contributed by atoms with Crippen molar-refractivity contribution in [3.05, 3.63) is 0 Å². The first-order valence-corrected chi connectivity index (χ1v) is 4.41. The second-order valence-electron chi connectivity index (χ2n) is 2.76. The number of carbonyl (C=O) groups is 2. The van der Waals surface area contributed by atoms with Gasteiger partial charge in [0.15, 0.2) is 6.73 Å². The lowest BCUT2D eigenvalue weighted by Gasteiger charge is -2.09. The van der Waals surface area contributed by atoms with Gasteiger partial charge in [-0.15, -0.1) is 0 Å². The van der Waals surface area contributed by atoms with Gasteiger partial charge in [-0.3, -0.25) is 4.79 Å². The van der Waals surface area contributed by atoms with Gasteiger partial charge in [0.05, 0.1) is 5.92 Å². The van der Waals surface area contributed by atoms with Gasteiger partial charge in [0.2, 0.25) is 0 Å². The Hall–Kier alpha value is -1.30. The van der Waals surface area contributed by atoms with E-state index in [4.69, 9.17) is 9.84 Å². The average molecular weight is 204 g/mol. The molecule has 6 heteroatoms. The summed E-state index contributed by atoms with van der Waals surface area (Å²) in [5.74, 6) is -0.519. The van der Waals surface area contributed by atoms with Crippen LogP contribution in [0.4, 0.5) is 4.79 Å². The number of rotatable bonds is 5. The van der Waals surface area contributed by atoms with E-state index in [-0.39, 0.29) is 18.6 Å². The average Bonchev–Trinajstić information content (AvgIpc) is 2.16. The molecular formula is C8H16N2O4. The molecule has 2 amide bonds. The van der Waals surface area contributed by atoms with Crippen molar-refractivity contribution in [2.24, 2.45) is 5.92 Å². The zero-order chi connectivity index (χ0) is 11.0. The number of ether oxygens (including phenoxy) is 1. The summed E-state index contributed by atoms with van der Waals surface area (Å²) in [7, 11) is 0. The van der Waals surface area contributed by atoms with Crippen LogP contribution in [0.15, 0.2) is 0 Å². The van der Waals surface area contributed by atoms with E-state index in [0.717, 1.165) is 0 Å². The van der Waals surface area contributed by atoms with E-state index in [0.29, 0.717) is 6.42 Å². The molecule has 0 aromatic carbocycles. The third-order valence-corrected chi connectivity index (χ3v) is 1.70. The van der Waals surface area contributed by atoms with E-state index in [1.807, 2.05) is 6.92 Å². The number of esters is 1. The number of carbonyl (C=O) groups excluding carboxylic acids is 2.